The van der Waals surface area contributed by atoms with Gasteiger partial charge in [0, 0.05) is 11.6 Å². The maximum atomic E-state index is 13.9. The van der Waals surface area contributed by atoms with Crippen molar-refractivity contribution in [2.45, 2.75) is 25.8 Å². The van der Waals surface area contributed by atoms with Crippen LogP contribution in [0.15, 0.2) is 6.07 Å². The van der Waals surface area contributed by atoms with Gasteiger partial charge in [-0.3, -0.25) is 0 Å². The molecule has 2 rings (SSSR count). The van der Waals surface area contributed by atoms with Crippen molar-refractivity contribution in [3.8, 4) is 11.5 Å². The van der Waals surface area contributed by atoms with E-state index in [1.807, 2.05) is 0 Å². The first-order valence-corrected chi connectivity index (χ1v) is 5.44. The summed E-state index contributed by atoms with van der Waals surface area (Å²) < 4.78 is 18.9. The van der Waals surface area contributed by atoms with Crippen molar-refractivity contribution in [3.05, 3.63) is 23.0 Å². The number of phenolic OH excluding ortho intramolecular Hbond substituents is 1. The highest BCUT2D eigenvalue weighted by Gasteiger charge is 2.24. The second-order valence-corrected chi connectivity index (χ2v) is 4.13. The fourth-order valence-corrected chi connectivity index (χ4v) is 2.25. The minimum Gasteiger partial charge on any atom is -0.502 e. The molecule has 1 fully saturated rings. The van der Waals surface area contributed by atoms with E-state index in [-0.39, 0.29) is 17.5 Å². The molecule has 0 bridgehead atoms. The van der Waals surface area contributed by atoms with E-state index in [1.165, 1.54) is 7.11 Å². The molecule has 16 heavy (non-hydrogen) atoms. The van der Waals surface area contributed by atoms with Crippen molar-refractivity contribution >= 4 is 0 Å². The van der Waals surface area contributed by atoms with Crippen LogP contribution in [0.25, 0.3) is 0 Å². The molecule has 2 N–H and O–H groups in total. The van der Waals surface area contributed by atoms with Gasteiger partial charge in [0.2, 0.25) is 0 Å². The summed E-state index contributed by atoms with van der Waals surface area (Å²) in [6.45, 7) is 2.70. The summed E-state index contributed by atoms with van der Waals surface area (Å²) in [6.07, 6.45) is 1.94. The van der Waals surface area contributed by atoms with Crippen molar-refractivity contribution in [2.75, 3.05) is 13.7 Å². The molecule has 1 aliphatic heterocycles. The molecular formula is C12H16FNO2. The molecule has 1 aromatic carbocycles. The molecule has 3 nitrogen and oxygen atoms in total. The molecule has 0 aromatic heterocycles. The van der Waals surface area contributed by atoms with E-state index >= 15 is 0 Å². The second kappa shape index (κ2) is 4.29. The SMILES string of the molecule is COc1c(C)cc(C2CCCN2)c(F)c1O. The van der Waals surface area contributed by atoms with E-state index in [2.05, 4.69) is 5.32 Å². The zero-order chi connectivity index (χ0) is 11.7. The van der Waals surface area contributed by atoms with Crippen molar-refractivity contribution < 1.29 is 14.2 Å². The zero-order valence-corrected chi connectivity index (χ0v) is 9.51. The van der Waals surface area contributed by atoms with Crippen LogP contribution in [0.1, 0.15) is 30.0 Å². The van der Waals surface area contributed by atoms with Crippen molar-refractivity contribution in [3.63, 3.8) is 0 Å². The fourth-order valence-electron chi connectivity index (χ4n) is 2.25. The third-order valence-corrected chi connectivity index (χ3v) is 3.05. The van der Waals surface area contributed by atoms with Gasteiger partial charge in [0.05, 0.1) is 7.11 Å². The molecule has 1 heterocycles. The number of rotatable bonds is 2. The Balaban J connectivity index is 2.46. The Morgan fingerprint density at radius 3 is 2.88 bits per heavy atom. The Morgan fingerprint density at radius 1 is 1.56 bits per heavy atom. The van der Waals surface area contributed by atoms with E-state index in [4.69, 9.17) is 4.74 Å². The summed E-state index contributed by atoms with van der Waals surface area (Å²) in [5.41, 5.74) is 1.29. The lowest BCUT2D eigenvalue weighted by Gasteiger charge is -2.16. The molecule has 4 heteroatoms. The van der Waals surface area contributed by atoms with Gasteiger partial charge in [-0.05, 0) is 37.9 Å². The molecule has 88 valence electrons. The Morgan fingerprint density at radius 2 is 2.31 bits per heavy atom. The largest absolute Gasteiger partial charge is 0.502 e. The van der Waals surface area contributed by atoms with E-state index in [0.717, 1.165) is 24.9 Å². The lowest BCUT2D eigenvalue weighted by atomic mass is 10.0. The highest BCUT2D eigenvalue weighted by Crippen LogP contribution is 2.38. The van der Waals surface area contributed by atoms with Crippen molar-refractivity contribution in [2.24, 2.45) is 0 Å². The number of methoxy groups -OCH3 is 1. The smallest absolute Gasteiger partial charge is 0.194 e. The highest BCUT2D eigenvalue weighted by atomic mass is 19.1. The molecule has 1 saturated heterocycles. The number of benzene rings is 1. The quantitative estimate of drug-likeness (QED) is 0.811. The number of phenols is 1. The standard InChI is InChI=1S/C12H16FNO2/c1-7-6-8(9-4-3-5-14-9)10(13)11(15)12(7)16-2/h6,9,14-15H,3-5H2,1-2H3. The van der Waals surface area contributed by atoms with Gasteiger partial charge in [0.25, 0.3) is 0 Å². The maximum absolute atomic E-state index is 13.9. The van der Waals surface area contributed by atoms with Crippen LogP contribution in [0.5, 0.6) is 11.5 Å². The number of nitrogens with one attached hydrogen (secondary N) is 1. The van der Waals surface area contributed by atoms with Gasteiger partial charge >= 0.3 is 0 Å². The Bertz CT molecular complexity index is 400. The number of hydrogen-bond acceptors (Lipinski definition) is 3. The number of aromatic hydroxyl groups is 1. The summed E-state index contributed by atoms with van der Waals surface area (Å²) in [6, 6.07) is 1.76. The third kappa shape index (κ3) is 1.73. The first kappa shape index (κ1) is 11.2. The van der Waals surface area contributed by atoms with E-state index < -0.39 is 5.82 Å². The summed E-state index contributed by atoms with van der Waals surface area (Å²) in [5.74, 6) is -0.729. The van der Waals surface area contributed by atoms with Crippen LogP contribution in [0, 0.1) is 12.7 Å². The van der Waals surface area contributed by atoms with Gasteiger partial charge in [-0.15, -0.1) is 0 Å². The van der Waals surface area contributed by atoms with Gasteiger partial charge in [-0.2, -0.15) is 0 Å². The first-order chi connectivity index (χ1) is 7.65. The number of hydrogen-bond donors (Lipinski definition) is 2. The highest BCUT2D eigenvalue weighted by molar-refractivity contribution is 5.50. The molecule has 1 unspecified atom stereocenters. The zero-order valence-electron chi connectivity index (χ0n) is 9.51. The minimum absolute atomic E-state index is 0.00973. The summed E-state index contributed by atoms with van der Waals surface area (Å²) in [5, 5.41) is 12.9. The number of ether oxygens (including phenoxy) is 1. The fraction of sp³-hybridized carbons (Fsp3) is 0.500. The third-order valence-electron chi connectivity index (χ3n) is 3.05. The lowest BCUT2D eigenvalue weighted by molar-refractivity contribution is 0.351. The maximum Gasteiger partial charge on any atom is 0.194 e. The molecule has 0 aliphatic carbocycles. The Kier molecular flexibility index (Phi) is 3.01. The van der Waals surface area contributed by atoms with Gasteiger partial charge in [0.15, 0.2) is 17.3 Å². The van der Waals surface area contributed by atoms with Crippen LogP contribution >= 0.6 is 0 Å². The molecule has 1 aromatic rings. The number of halogens is 1. The predicted molar refractivity (Wildman–Crippen MR) is 59.3 cm³/mol. The minimum atomic E-state index is -0.568. The molecule has 1 aliphatic rings. The van der Waals surface area contributed by atoms with Crippen LogP contribution in [-0.4, -0.2) is 18.8 Å². The summed E-state index contributed by atoms with van der Waals surface area (Å²) >= 11 is 0. The van der Waals surface area contributed by atoms with Crippen LogP contribution in [-0.2, 0) is 0 Å². The summed E-state index contributed by atoms with van der Waals surface area (Å²) in [4.78, 5) is 0. The van der Waals surface area contributed by atoms with Crippen LogP contribution in [0.2, 0.25) is 0 Å². The molecule has 1 atom stereocenters. The average Bonchev–Trinajstić information content (AvgIpc) is 2.77. The normalized spacial score (nSPS) is 20.1. The molecular weight excluding hydrogens is 209 g/mol. The Labute approximate surface area is 94.2 Å². The van der Waals surface area contributed by atoms with E-state index in [1.54, 1.807) is 13.0 Å². The molecule has 0 saturated carbocycles. The Hall–Kier alpha value is -1.29. The lowest BCUT2D eigenvalue weighted by Crippen LogP contribution is -2.14. The van der Waals surface area contributed by atoms with Gasteiger partial charge < -0.3 is 15.2 Å². The van der Waals surface area contributed by atoms with Crippen molar-refractivity contribution in [1.29, 1.82) is 0 Å². The molecule has 0 amide bonds. The molecule has 0 radical (unpaired) electrons. The molecule has 0 spiro atoms. The average molecular weight is 225 g/mol. The second-order valence-electron chi connectivity index (χ2n) is 4.13. The summed E-state index contributed by atoms with van der Waals surface area (Å²) in [7, 11) is 1.43. The van der Waals surface area contributed by atoms with Crippen LogP contribution < -0.4 is 10.1 Å². The van der Waals surface area contributed by atoms with E-state index in [9.17, 15) is 9.50 Å². The van der Waals surface area contributed by atoms with Gasteiger partial charge in [-0.25, -0.2) is 4.39 Å². The monoisotopic (exact) mass is 225 g/mol. The number of aryl methyl sites for hydroxylation is 1. The predicted octanol–water partition coefficient (Wildman–Crippen LogP) is 2.27. The topological polar surface area (TPSA) is 41.5 Å². The van der Waals surface area contributed by atoms with Crippen molar-refractivity contribution in [1.82, 2.24) is 5.32 Å². The van der Waals surface area contributed by atoms with Gasteiger partial charge in [0.1, 0.15) is 0 Å². The van der Waals surface area contributed by atoms with Crippen LogP contribution in [0.4, 0.5) is 4.39 Å². The first-order valence-electron chi connectivity index (χ1n) is 5.44. The van der Waals surface area contributed by atoms with E-state index in [0.29, 0.717) is 5.56 Å². The van der Waals surface area contributed by atoms with Crippen LogP contribution in [0.3, 0.4) is 0 Å². The van der Waals surface area contributed by atoms with Gasteiger partial charge in [-0.1, -0.05) is 0 Å².